The normalized spacial score (nSPS) is 14.3. The summed E-state index contributed by atoms with van der Waals surface area (Å²) < 4.78 is 0. The van der Waals surface area contributed by atoms with Crippen molar-refractivity contribution in [2.75, 3.05) is 34.7 Å². The number of allylic oxidation sites excluding steroid dienone is 1. The van der Waals surface area contributed by atoms with Crippen LogP contribution in [0.3, 0.4) is 0 Å². The molecular weight excluding hydrogens is 214 g/mol. The molecule has 4 nitrogen and oxygen atoms in total. The topological polar surface area (TPSA) is 52.7 Å². The van der Waals surface area contributed by atoms with Crippen molar-refractivity contribution < 1.29 is 5.11 Å². The van der Waals surface area contributed by atoms with E-state index < -0.39 is 6.10 Å². The molecule has 0 aromatic carbocycles. The summed E-state index contributed by atoms with van der Waals surface area (Å²) in [5.41, 5.74) is 7.70. The molecule has 1 atom stereocenters. The van der Waals surface area contributed by atoms with Gasteiger partial charge in [0.25, 0.3) is 0 Å². The van der Waals surface area contributed by atoms with Gasteiger partial charge in [0.1, 0.15) is 0 Å². The van der Waals surface area contributed by atoms with Crippen LogP contribution in [-0.4, -0.2) is 55.7 Å². The van der Waals surface area contributed by atoms with Crippen molar-refractivity contribution in [3.8, 4) is 0 Å². The molecule has 3 N–H and O–H groups in total. The highest BCUT2D eigenvalue weighted by Crippen LogP contribution is 2.19. The van der Waals surface area contributed by atoms with Crippen molar-refractivity contribution in [3.05, 3.63) is 11.4 Å². The van der Waals surface area contributed by atoms with E-state index in [1.54, 1.807) is 0 Å². The van der Waals surface area contributed by atoms with Crippen LogP contribution in [0, 0.1) is 0 Å². The van der Waals surface area contributed by atoms with E-state index in [1.165, 1.54) is 5.70 Å². The molecule has 0 rings (SSSR count). The van der Waals surface area contributed by atoms with Gasteiger partial charge < -0.3 is 20.6 Å². The average Bonchev–Trinajstić information content (AvgIpc) is 2.20. The molecule has 0 bridgehead atoms. The Kier molecular flexibility index (Phi) is 8.00. The summed E-state index contributed by atoms with van der Waals surface area (Å²) in [5.74, 6) is 0. The highest BCUT2D eigenvalue weighted by molar-refractivity contribution is 5.14. The molecular formula is C13H29N3O. The maximum absolute atomic E-state index is 9.86. The maximum Gasteiger partial charge on any atom is 0.0925 e. The molecule has 0 amide bonds. The summed E-state index contributed by atoms with van der Waals surface area (Å²) in [7, 11) is 8.02. The van der Waals surface area contributed by atoms with Gasteiger partial charge in [0.2, 0.25) is 0 Å². The molecule has 0 heterocycles. The molecule has 0 aliphatic heterocycles. The number of rotatable bonds is 8. The van der Waals surface area contributed by atoms with E-state index in [4.69, 9.17) is 5.73 Å². The second kappa shape index (κ2) is 8.37. The highest BCUT2D eigenvalue weighted by Gasteiger charge is 2.15. The molecule has 17 heavy (non-hydrogen) atoms. The molecule has 0 fully saturated rings. The number of unbranched alkanes of at least 4 members (excludes halogenated alkanes) is 2. The molecule has 0 spiro atoms. The van der Waals surface area contributed by atoms with Gasteiger partial charge in [-0.1, -0.05) is 6.42 Å². The van der Waals surface area contributed by atoms with Gasteiger partial charge in [-0.15, -0.1) is 0 Å². The maximum atomic E-state index is 9.86. The minimum Gasteiger partial charge on any atom is -0.387 e. The SMILES string of the molecule is CC(O)C(=C(CCCCCN)N(C)C)N(C)C. The van der Waals surface area contributed by atoms with Gasteiger partial charge in [-0.25, -0.2) is 0 Å². The molecule has 1 unspecified atom stereocenters. The van der Waals surface area contributed by atoms with Crippen LogP contribution in [0.4, 0.5) is 0 Å². The first-order valence-electron chi connectivity index (χ1n) is 6.37. The Labute approximate surface area is 106 Å². The van der Waals surface area contributed by atoms with Crippen LogP contribution < -0.4 is 5.73 Å². The van der Waals surface area contributed by atoms with E-state index in [2.05, 4.69) is 4.90 Å². The summed E-state index contributed by atoms with van der Waals surface area (Å²) >= 11 is 0. The fourth-order valence-corrected chi connectivity index (χ4v) is 2.07. The van der Waals surface area contributed by atoms with Gasteiger partial charge in [-0.2, -0.15) is 0 Å². The fourth-order valence-electron chi connectivity index (χ4n) is 2.07. The average molecular weight is 243 g/mol. The quantitative estimate of drug-likeness (QED) is 0.629. The number of aliphatic hydroxyl groups excluding tert-OH is 1. The van der Waals surface area contributed by atoms with Crippen molar-refractivity contribution in [3.63, 3.8) is 0 Å². The molecule has 102 valence electrons. The first-order chi connectivity index (χ1) is 7.91. The zero-order chi connectivity index (χ0) is 13.4. The Bertz CT molecular complexity index is 225. The van der Waals surface area contributed by atoms with E-state index in [9.17, 15) is 5.11 Å². The minimum atomic E-state index is -0.433. The van der Waals surface area contributed by atoms with Crippen molar-refractivity contribution in [1.82, 2.24) is 9.80 Å². The van der Waals surface area contributed by atoms with Crippen molar-refractivity contribution in [2.24, 2.45) is 5.73 Å². The van der Waals surface area contributed by atoms with Gasteiger partial charge in [-0.3, -0.25) is 0 Å². The van der Waals surface area contributed by atoms with Crippen LogP contribution in [0.15, 0.2) is 11.4 Å². The lowest BCUT2D eigenvalue weighted by atomic mass is 10.1. The van der Waals surface area contributed by atoms with Crippen LogP contribution in [0.2, 0.25) is 0 Å². The molecule has 0 aromatic heterocycles. The second-order valence-electron chi connectivity index (χ2n) is 4.90. The Hall–Kier alpha value is -0.740. The number of hydrogen-bond donors (Lipinski definition) is 2. The Morgan fingerprint density at radius 1 is 1.06 bits per heavy atom. The zero-order valence-corrected chi connectivity index (χ0v) is 12.0. The van der Waals surface area contributed by atoms with Crippen molar-refractivity contribution in [1.29, 1.82) is 0 Å². The lowest BCUT2D eigenvalue weighted by molar-refractivity contribution is 0.189. The molecule has 0 aromatic rings. The fraction of sp³-hybridized carbons (Fsp3) is 0.846. The Morgan fingerprint density at radius 2 is 1.65 bits per heavy atom. The first-order valence-corrected chi connectivity index (χ1v) is 6.37. The van der Waals surface area contributed by atoms with Crippen LogP contribution >= 0.6 is 0 Å². The number of nitrogens with two attached hydrogens (primary N) is 1. The standard InChI is InChI=1S/C13H29N3O/c1-11(17)13(16(4)5)12(15(2)3)9-7-6-8-10-14/h11,17H,6-10,14H2,1-5H3. The minimum absolute atomic E-state index is 0.433. The Balaban J connectivity index is 4.72. The van der Waals surface area contributed by atoms with Crippen LogP contribution in [-0.2, 0) is 0 Å². The van der Waals surface area contributed by atoms with Crippen molar-refractivity contribution in [2.45, 2.75) is 38.7 Å². The van der Waals surface area contributed by atoms with Gasteiger partial charge in [-0.05, 0) is 32.7 Å². The van der Waals surface area contributed by atoms with E-state index in [1.807, 2.05) is 40.0 Å². The third kappa shape index (κ3) is 5.94. The molecule has 0 aliphatic carbocycles. The first kappa shape index (κ1) is 16.3. The molecule has 0 saturated carbocycles. The smallest absolute Gasteiger partial charge is 0.0925 e. The van der Waals surface area contributed by atoms with E-state index in [-0.39, 0.29) is 0 Å². The van der Waals surface area contributed by atoms with Gasteiger partial charge in [0.15, 0.2) is 0 Å². The molecule has 0 aliphatic rings. The largest absolute Gasteiger partial charge is 0.387 e. The summed E-state index contributed by atoms with van der Waals surface area (Å²) in [6, 6.07) is 0. The van der Waals surface area contributed by atoms with Crippen LogP contribution in [0.25, 0.3) is 0 Å². The van der Waals surface area contributed by atoms with Crippen LogP contribution in [0.5, 0.6) is 0 Å². The van der Waals surface area contributed by atoms with Gasteiger partial charge in [0, 0.05) is 33.9 Å². The summed E-state index contributed by atoms with van der Waals surface area (Å²) in [4.78, 5) is 4.10. The van der Waals surface area contributed by atoms with Gasteiger partial charge in [0.05, 0.1) is 11.8 Å². The Morgan fingerprint density at radius 3 is 2.00 bits per heavy atom. The number of aliphatic hydroxyl groups is 1. The van der Waals surface area contributed by atoms with Crippen LogP contribution in [0.1, 0.15) is 32.6 Å². The third-order valence-corrected chi connectivity index (χ3v) is 2.83. The monoisotopic (exact) mass is 243 g/mol. The number of likely N-dealkylation sites (N-methyl/N-ethyl adjacent to an activating group) is 1. The summed E-state index contributed by atoms with van der Waals surface area (Å²) in [6.07, 6.45) is 3.90. The second-order valence-corrected chi connectivity index (χ2v) is 4.90. The summed E-state index contributed by atoms with van der Waals surface area (Å²) in [6.45, 7) is 2.58. The lowest BCUT2D eigenvalue weighted by Gasteiger charge is -2.28. The zero-order valence-electron chi connectivity index (χ0n) is 12.0. The van der Waals surface area contributed by atoms with Crippen molar-refractivity contribution >= 4 is 0 Å². The highest BCUT2D eigenvalue weighted by atomic mass is 16.3. The predicted octanol–water partition coefficient (Wildman–Crippen LogP) is 1.22. The molecule has 4 heteroatoms. The predicted molar refractivity (Wildman–Crippen MR) is 73.6 cm³/mol. The van der Waals surface area contributed by atoms with Gasteiger partial charge >= 0.3 is 0 Å². The number of nitrogens with zero attached hydrogens (tertiary/aromatic N) is 2. The third-order valence-electron chi connectivity index (χ3n) is 2.83. The van der Waals surface area contributed by atoms with E-state index >= 15 is 0 Å². The van der Waals surface area contributed by atoms with E-state index in [0.717, 1.165) is 37.9 Å². The molecule has 0 radical (unpaired) electrons. The molecule has 0 saturated heterocycles. The van der Waals surface area contributed by atoms with E-state index in [0.29, 0.717) is 0 Å². The number of hydrogen-bond acceptors (Lipinski definition) is 4. The lowest BCUT2D eigenvalue weighted by Crippen LogP contribution is -2.28. The summed E-state index contributed by atoms with van der Waals surface area (Å²) in [5, 5.41) is 9.86.